The lowest BCUT2D eigenvalue weighted by molar-refractivity contribution is 0.384. The highest BCUT2D eigenvalue weighted by molar-refractivity contribution is 9.10. The number of nitrogens with zero attached hydrogens (tertiary/aromatic N) is 4. The third-order valence-electron chi connectivity index (χ3n) is 5.89. The fraction of sp³-hybridized carbons (Fsp3) is 0.261. The summed E-state index contributed by atoms with van der Waals surface area (Å²) in [6, 6.07) is 15.7. The summed E-state index contributed by atoms with van der Waals surface area (Å²) in [4.78, 5) is 7.52. The molecule has 6 nitrogen and oxygen atoms in total. The van der Waals surface area contributed by atoms with Gasteiger partial charge in [-0.05, 0) is 55.8 Å². The summed E-state index contributed by atoms with van der Waals surface area (Å²) in [5, 5.41) is 0. The molecular weight excluding hydrogens is 476 g/mol. The van der Waals surface area contributed by atoms with E-state index in [-0.39, 0.29) is 0 Å². The molecule has 0 aliphatic carbocycles. The average molecular weight is 499 g/mol. The first-order chi connectivity index (χ1) is 14.8. The van der Waals surface area contributed by atoms with E-state index >= 15 is 0 Å². The maximum Gasteiger partial charge on any atom is 0.243 e. The Morgan fingerprint density at radius 2 is 1.71 bits per heavy atom. The van der Waals surface area contributed by atoms with Gasteiger partial charge in [-0.15, -0.1) is 0 Å². The molecule has 4 aromatic rings. The van der Waals surface area contributed by atoms with Gasteiger partial charge in [-0.25, -0.2) is 13.4 Å². The number of anilines is 1. The van der Waals surface area contributed by atoms with Crippen LogP contribution in [0.4, 0.5) is 5.82 Å². The molecule has 2 aromatic heterocycles. The van der Waals surface area contributed by atoms with Crippen LogP contribution in [0, 0.1) is 13.8 Å². The molecule has 1 aliphatic rings. The molecule has 0 radical (unpaired) electrons. The van der Waals surface area contributed by atoms with Crippen LogP contribution < -0.4 is 4.90 Å². The summed E-state index contributed by atoms with van der Waals surface area (Å²) in [5.41, 5.74) is 4.83. The Morgan fingerprint density at radius 3 is 2.45 bits per heavy atom. The topological polar surface area (TPSA) is 57.9 Å². The van der Waals surface area contributed by atoms with Gasteiger partial charge in [0.05, 0.1) is 21.4 Å². The number of fused-ring (bicyclic) bond motifs is 3. The van der Waals surface area contributed by atoms with Crippen molar-refractivity contribution in [3.63, 3.8) is 0 Å². The standard InChI is InChI=1S/C23H23BrN4O2S/c1-16-5-8-22(17(2)14-16)31(29,30)27-12-10-26(11-13-27)23-21-4-3-9-28(21)20-7-6-18(24)15-19(20)25-23/h3-9,14-15H,10-13H2,1-2H3. The van der Waals surface area contributed by atoms with Crippen molar-refractivity contribution in [2.75, 3.05) is 31.1 Å². The second kappa shape index (κ2) is 7.62. The van der Waals surface area contributed by atoms with Crippen LogP contribution in [0.1, 0.15) is 11.1 Å². The lowest BCUT2D eigenvalue weighted by Gasteiger charge is -2.35. The molecule has 1 saturated heterocycles. The molecule has 0 amide bonds. The van der Waals surface area contributed by atoms with E-state index < -0.39 is 10.0 Å². The van der Waals surface area contributed by atoms with E-state index in [1.165, 1.54) is 0 Å². The van der Waals surface area contributed by atoms with Gasteiger partial charge in [0, 0.05) is 36.8 Å². The van der Waals surface area contributed by atoms with E-state index in [4.69, 9.17) is 4.98 Å². The Labute approximate surface area is 190 Å². The van der Waals surface area contributed by atoms with Crippen LogP contribution in [0.2, 0.25) is 0 Å². The van der Waals surface area contributed by atoms with Crippen molar-refractivity contribution in [1.29, 1.82) is 0 Å². The van der Waals surface area contributed by atoms with Crippen LogP contribution >= 0.6 is 15.9 Å². The van der Waals surface area contributed by atoms with Gasteiger partial charge in [-0.3, -0.25) is 0 Å². The molecule has 1 aliphatic heterocycles. The number of halogens is 1. The Balaban J connectivity index is 1.45. The van der Waals surface area contributed by atoms with Gasteiger partial charge in [0.25, 0.3) is 0 Å². The molecule has 0 bridgehead atoms. The zero-order valence-electron chi connectivity index (χ0n) is 17.4. The Kier molecular flexibility index (Phi) is 5.03. The third kappa shape index (κ3) is 3.52. The summed E-state index contributed by atoms with van der Waals surface area (Å²) in [7, 11) is -3.51. The molecule has 8 heteroatoms. The minimum atomic E-state index is -3.51. The number of benzene rings is 2. The van der Waals surface area contributed by atoms with Crippen LogP contribution in [0.3, 0.4) is 0 Å². The molecule has 160 valence electrons. The quantitative estimate of drug-likeness (QED) is 0.420. The second-order valence-electron chi connectivity index (χ2n) is 7.99. The Bertz CT molecular complexity index is 1410. The molecule has 0 unspecified atom stereocenters. The summed E-state index contributed by atoms with van der Waals surface area (Å²) < 4.78 is 31.2. The van der Waals surface area contributed by atoms with Crippen LogP contribution in [0.5, 0.6) is 0 Å². The fourth-order valence-corrected chi connectivity index (χ4v) is 6.31. The number of hydrogen-bond acceptors (Lipinski definition) is 4. The van der Waals surface area contributed by atoms with Gasteiger partial charge in [0.2, 0.25) is 10.0 Å². The van der Waals surface area contributed by atoms with Gasteiger partial charge < -0.3 is 9.30 Å². The molecule has 31 heavy (non-hydrogen) atoms. The Hall–Kier alpha value is -2.42. The number of aryl methyl sites for hydroxylation is 2. The predicted molar refractivity (Wildman–Crippen MR) is 127 cm³/mol. The molecular formula is C23H23BrN4O2S. The largest absolute Gasteiger partial charge is 0.352 e. The fourth-order valence-electron chi connectivity index (χ4n) is 4.34. The summed E-state index contributed by atoms with van der Waals surface area (Å²) in [6.07, 6.45) is 2.04. The number of sulfonamides is 1. The summed E-state index contributed by atoms with van der Waals surface area (Å²) >= 11 is 3.53. The van der Waals surface area contributed by atoms with E-state index in [2.05, 4.69) is 37.4 Å². The van der Waals surface area contributed by atoms with E-state index in [1.54, 1.807) is 10.4 Å². The monoisotopic (exact) mass is 498 g/mol. The molecule has 1 fully saturated rings. The second-order valence-corrected chi connectivity index (χ2v) is 10.8. The van der Waals surface area contributed by atoms with Crippen molar-refractivity contribution in [3.8, 4) is 0 Å². The number of hydrogen-bond donors (Lipinski definition) is 0. The molecule has 3 heterocycles. The summed E-state index contributed by atoms with van der Waals surface area (Å²) in [5.74, 6) is 0.888. The van der Waals surface area contributed by atoms with Crippen LogP contribution in [0.15, 0.2) is 64.1 Å². The Morgan fingerprint density at radius 1 is 0.935 bits per heavy atom. The van der Waals surface area contributed by atoms with Crippen molar-refractivity contribution in [3.05, 3.63) is 70.3 Å². The minimum Gasteiger partial charge on any atom is -0.352 e. The average Bonchev–Trinajstić information content (AvgIpc) is 3.23. The van der Waals surface area contributed by atoms with Crippen molar-refractivity contribution in [2.45, 2.75) is 18.7 Å². The number of rotatable bonds is 3. The zero-order chi connectivity index (χ0) is 21.8. The van der Waals surface area contributed by atoms with E-state index in [9.17, 15) is 8.42 Å². The van der Waals surface area contributed by atoms with Crippen LogP contribution in [-0.4, -0.2) is 48.3 Å². The maximum atomic E-state index is 13.2. The lowest BCUT2D eigenvalue weighted by Crippen LogP contribution is -2.49. The third-order valence-corrected chi connectivity index (χ3v) is 8.44. The predicted octanol–water partition coefficient (Wildman–Crippen LogP) is 4.38. The highest BCUT2D eigenvalue weighted by Crippen LogP contribution is 2.29. The maximum absolute atomic E-state index is 13.2. The number of aromatic nitrogens is 2. The van der Waals surface area contributed by atoms with Gasteiger partial charge in [0.1, 0.15) is 0 Å². The van der Waals surface area contributed by atoms with Crippen LogP contribution in [-0.2, 0) is 10.0 Å². The molecule has 0 saturated carbocycles. The SMILES string of the molecule is Cc1ccc(S(=O)(=O)N2CCN(c3nc4cc(Br)ccc4n4cccc34)CC2)c(C)c1. The smallest absolute Gasteiger partial charge is 0.243 e. The van der Waals surface area contributed by atoms with Gasteiger partial charge in [-0.1, -0.05) is 33.6 Å². The van der Waals surface area contributed by atoms with Gasteiger partial charge in [-0.2, -0.15) is 4.31 Å². The molecule has 0 spiro atoms. The van der Waals surface area contributed by atoms with E-state index in [0.29, 0.717) is 31.1 Å². The normalized spacial score (nSPS) is 15.8. The van der Waals surface area contributed by atoms with Gasteiger partial charge >= 0.3 is 0 Å². The van der Waals surface area contributed by atoms with E-state index in [1.807, 2.05) is 50.4 Å². The molecule has 0 atom stereocenters. The summed E-state index contributed by atoms with van der Waals surface area (Å²) in [6.45, 7) is 5.88. The highest BCUT2D eigenvalue weighted by Gasteiger charge is 2.30. The molecule has 2 aromatic carbocycles. The van der Waals surface area contributed by atoms with Crippen molar-refractivity contribution in [1.82, 2.24) is 13.7 Å². The molecule has 0 N–H and O–H groups in total. The van der Waals surface area contributed by atoms with Crippen molar-refractivity contribution >= 4 is 48.3 Å². The first-order valence-corrected chi connectivity index (χ1v) is 12.5. The molecule has 5 rings (SSSR count). The first kappa shape index (κ1) is 20.5. The lowest BCUT2D eigenvalue weighted by atomic mass is 10.2. The van der Waals surface area contributed by atoms with E-state index in [0.717, 1.165) is 38.0 Å². The minimum absolute atomic E-state index is 0.397. The number of piperazine rings is 1. The van der Waals surface area contributed by atoms with Crippen molar-refractivity contribution in [2.24, 2.45) is 0 Å². The van der Waals surface area contributed by atoms with Gasteiger partial charge in [0.15, 0.2) is 5.82 Å². The zero-order valence-corrected chi connectivity index (χ0v) is 19.8. The van der Waals surface area contributed by atoms with Crippen molar-refractivity contribution < 1.29 is 8.42 Å². The highest BCUT2D eigenvalue weighted by atomic mass is 79.9. The van der Waals surface area contributed by atoms with Crippen LogP contribution in [0.25, 0.3) is 16.6 Å². The first-order valence-electron chi connectivity index (χ1n) is 10.2.